The van der Waals surface area contributed by atoms with Crippen molar-refractivity contribution in [3.8, 4) is 17.6 Å². The molecule has 0 aliphatic carbocycles. The molecule has 0 unspecified atom stereocenters. The number of hydrogen-bond donors (Lipinski definition) is 2. The van der Waals surface area contributed by atoms with E-state index in [0.717, 1.165) is 35.5 Å². The van der Waals surface area contributed by atoms with Gasteiger partial charge in [0.15, 0.2) is 0 Å². The number of carboxylic acids is 1. The van der Waals surface area contributed by atoms with Gasteiger partial charge >= 0.3 is 23.9 Å². The quantitative estimate of drug-likeness (QED) is 0.165. The Morgan fingerprint density at radius 3 is 1.88 bits per heavy atom. The van der Waals surface area contributed by atoms with Crippen molar-refractivity contribution in [2.24, 2.45) is 0 Å². The zero-order chi connectivity index (χ0) is 30.4. The van der Waals surface area contributed by atoms with E-state index >= 15 is 0 Å². The standard InChI is InChI=1S/C30H34F6O4/c1-5-27(6-2,24-13-14-25(21(4)19-24)40-17-9-7-8-10-26(37)38)23-12-11-22(20(3)18-23)15-16-28(39,29(31,32)33)30(34,35)36/h11-14,18-19,39H,5-10,17H2,1-4H3,(H,37,38). The second-order valence-electron chi connectivity index (χ2n) is 9.81. The molecule has 0 saturated heterocycles. The van der Waals surface area contributed by atoms with Crippen LogP contribution in [0.15, 0.2) is 36.4 Å². The number of aryl methyl sites for hydroxylation is 2. The molecule has 0 amide bonds. The van der Waals surface area contributed by atoms with Crippen molar-refractivity contribution in [3.05, 3.63) is 64.2 Å². The molecule has 2 aromatic rings. The Bertz CT molecular complexity index is 1220. The molecule has 0 aliphatic heterocycles. The molecule has 0 bridgehead atoms. The van der Waals surface area contributed by atoms with Crippen LogP contribution in [-0.4, -0.2) is 40.7 Å². The summed E-state index contributed by atoms with van der Waals surface area (Å²) in [5.41, 5.74) is -2.61. The molecule has 2 N–H and O–H groups in total. The maximum Gasteiger partial charge on any atom is 0.438 e. The number of unbranched alkanes of at least 4 members (excludes halogenated alkanes) is 2. The summed E-state index contributed by atoms with van der Waals surface area (Å²) < 4.78 is 83.9. The van der Waals surface area contributed by atoms with Gasteiger partial charge in [0.25, 0.3) is 0 Å². The first-order valence-corrected chi connectivity index (χ1v) is 13.0. The first kappa shape index (κ1) is 33.0. The highest BCUT2D eigenvalue weighted by Crippen LogP contribution is 2.43. The van der Waals surface area contributed by atoms with E-state index < -0.39 is 29.3 Å². The van der Waals surface area contributed by atoms with E-state index in [0.29, 0.717) is 37.2 Å². The molecule has 4 nitrogen and oxygen atoms in total. The maximum absolute atomic E-state index is 13.0. The number of alkyl halides is 6. The lowest BCUT2D eigenvalue weighted by Crippen LogP contribution is -2.55. The molecule has 0 saturated carbocycles. The summed E-state index contributed by atoms with van der Waals surface area (Å²) in [5, 5.41) is 18.1. The molecule has 2 aromatic carbocycles. The third-order valence-corrected chi connectivity index (χ3v) is 7.20. The van der Waals surface area contributed by atoms with Crippen molar-refractivity contribution in [3.63, 3.8) is 0 Å². The average molecular weight is 573 g/mol. The van der Waals surface area contributed by atoms with Crippen molar-refractivity contribution in [1.29, 1.82) is 0 Å². The van der Waals surface area contributed by atoms with Crippen LogP contribution in [0.5, 0.6) is 5.75 Å². The number of carboxylic acid groups (broad SMARTS) is 1. The summed E-state index contributed by atoms with van der Waals surface area (Å²) in [6.45, 7) is 7.90. The van der Waals surface area contributed by atoms with Crippen LogP contribution in [0.1, 0.15) is 80.2 Å². The molecule has 0 spiro atoms. The van der Waals surface area contributed by atoms with E-state index in [4.69, 9.17) is 9.84 Å². The minimum atomic E-state index is -6.01. The monoisotopic (exact) mass is 572 g/mol. The van der Waals surface area contributed by atoms with Crippen molar-refractivity contribution in [2.45, 2.75) is 89.6 Å². The van der Waals surface area contributed by atoms with Crippen molar-refractivity contribution < 1.29 is 46.1 Å². The third-order valence-electron chi connectivity index (χ3n) is 7.20. The lowest BCUT2D eigenvalue weighted by atomic mass is 9.70. The summed E-state index contributed by atoms with van der Waals surface area (Å²) in [5.74, 6) is 2.78. The van der Waals surface area contributed by atoms with Gasteiger partial charge in [0.1, 0.15) is 5.75 Å². The number of carbonyl (C=O) groups is 1. The average Bonchev–Trinajstić information content (AvgIpc) is 2.86. The number of aliphatic carboxylic acids is 1. The van der Waals surface area contributed by atoms with Crippen LogP contribution in [0, 0.1) is 25.7 Å². The van der Waals surface area contributed by atoms with Crippen molar-refractivity contribution in [2.75, 3.05) is 6.61 Å². The number of halogens is 6. The van der Waals surface area contributed by atoms with E-state index in [1.807, 2.05) is 44.9 Å². The molecule has 0 fully saturated rings. The number of ether oxygens (including phenoxy) is 1. The Morgan fingerprint density at radius 1 is 0.850 bits per heavy atom. The first-order chi connectivity index (χ1) is 18.5. The molecular formula is C30H34F6O4. The van der Waals surface area contributed by atoms with Gasteiger partial charge in [-0.3, -0.25) is 4.79 Å². The van der Waals surface area contributed by atoms with Crippen LogP contribution in [0.25, 0.3) is 0 Å². The van der Waals surface area contributed by atoms with E-state index in [2.05, 4.69) is 0 Å². The Balaban J connectivity index is 2.34. The number of rotatable bonds is 11. The first-order valence-electron chi connectivity index (χ1n) is 13.0. The normalized spacial score (nSPS) is 12.6. The SMILES string of the molecule is CCC(CC)(c1ccc(C#CC(O)(C(F)(F)F)C(F)(F)F)c(C)c1)c1ccc(OCCCCCC(=O)O)c(C)c1. The lowest BCUT2D eigenvalue weighted by Gasteiger charge is -2.34. The predicted octanol–water partition coefficient (Wildman–Crippen LogP) is 7.64. The Hall–Kier alpha value is -3.19. The molecular weight excluding hydrogens is 538 g/mol. The van der Waals surface area contributed by atoms with Gasteiger partial charge in [-0.05, 0) is 86.3 Å². The third kappa shape index (κ3) is 7.30. The lowest BCUT2D eigenvalue weighted by molar-refractivity contribution is -0.343. The van der Waals surface area contributed by atoms with Crippen LogP contribution in [0.3, 0.4) is 0 Å². The molecule has 2 rings (SSSR count). The number of benzene rings is 2. The smallest absolute Gasteiger partial charge is 0.438 e. The largest absolute Gasteiger partial charge is 0.493 e. The van der Waals surface area contributed by atoms with Crippen LogP contribution in [0.4, 0.5) is 26.3 Å². The molecule has 0 radical (unpaired) electrons. The Morgan fingerprint density at radius 2 is 1.40 bits per heavy atom. The summed E-state index contributed by atoms with van der Waals surface area (Å²) in [6.07, 6.45) is -8.52. The van der Waals surface area contributed by atoms with Gasteiger partial charge in [-0.15, -0.1) is 0 Å². The van der Waals surface area contributed by atoms with E-state index in [-0.39, 0.29) is 12.0 Å². The number of aliphatic hydroxyl groups is 1. The van der Waals surface area contributed by atoms with Crippen molar-refractivity contribution >= 4 is 5.97 Å². The molecule has 0 aliphatic rings. The van der Waals surface area contributed by atoms with Crippen LogP contribution in [0.2, 0.25) is 0 Å². The Labute approximate surface area is 230 Å². The van der Waals surface area contributed by atoms with Crippen LogP contribution in [-0.2, 0) is 10.2 Å². The topological polar surface area (TPSA) is 66.8 Å². The molecule has 40 heavy (non-hydrogen) atoms. The summed E-state index contributed by atoms with van der Waals surface area (Å²) in [4.78, 5) is 10.6. The van der Waals surface area contributed by atoms with Gasteiger partial charge in [-0.2, -0.15) is 26.3 Å². The van der Waals surface area contributed by atoms with Gasteiger partial charge in [0.2, 0.25) is 0 Å². The highest BCUT2D eigenvalue weighted by atomic mass is 19.4. The summed E-state index contributed by atoms with van der Waals surface area (Å²) >= 11 is 0. The van der Waals surface area contributed by atoms with Crippen molar-refractivity contribution in [1.82, 2.24) is 0 Å². The minimum absolute atomic E-state index is 0.0555. The second kappa shape index (κ2) is 13.0. The highest BCUT2D eigenvalue weighted by molar-refractivity contribution is 5.66. The predicted molar refractivity (Wildman–Crippen MR) is 139 cm³/mol. The number of hydrogen-bond acceptors (Lipinski definition) is 3. The fourth-order valence-electron chi connectivity index (χ4n) is 4.64. The fraction of sp³-hybridized carbons (Fsp3) is 0.500. The molecule has 0 heterocycles. The minimum Gasteiger partial charge on any atom is -0.493 e. The van der Waals surface area contributed by atoms with Gasteiger partial charge < -0.3 is 14.9 Å². The zero-order valence-electron chi connectivity index (χ0n) is 22.9. The summed E-state index contributed by atoms with van der Waals surface area (Å²) in [7, 11) is 0. The fourth-order valence-corrected chi connectivity index (χ4v) is 4.64. The zero-order valence-corrected chi connectivity index (χ0v) is 22.9. The van der Waals surface area contributed by atoms with Crippen LogP contribution < -0.4 is 4.74 Å². The van der Waals surface area contributed by atoms with Gasteiger partial charge in [0, 0.05) is 17.4 Å². The van der Waals surface area contributed by atoms with E-state index in [1.165, 1.54) is 6.07 Å². The molecule has 0 atom stereocenters. The maximum atomic E-state index is 13.0. The van der Waals surface area contributed by atoms with E-state index in [9.17, 15) is 36.2 Å². The molecule has 10 heteroatoms. The van der Waals surface area contributed by atoms with Gasteiger partial charge in [0.05, 0.1) is 6.61 Å². The van der Waals surface area contributed by atoms with Gasteiger partial charge in [-0.1, -0.05) is 44.0 Å². The second-order valence-corrected chi connectivity index (χ2v) is 9.81. The van der Waals surface area contributed by atoms with Gasteiger partial charge in [-0.25, -0.2) is 0 Å². The Kier molecular flexibility index (Phi) is 10.7. The summed E-state index contributed by atoms with van der Waals surface area (Å²) in [6, 6.07) is 10.5. The molecule has 220 valence electrons. The highest BCUT2D eigenvalue weighted by Gasteiger charge is 2.70. The van der Waals surface area contributed by atoms with Crippen LogP contribution >= 0.6 is 0 Å². The van der Waals surface area contributed by atoms with E-state index in [1.54, 1.807) is 19.1 Å². The molecule has 0 aromatic heterocycles.